The topological polar surface area (TPSA) is 35.6 Å². The van der Waals surface area contributed by atoms with E-state index in [1.54, 1.807) is 22.7 Å². The number of nitrogens with zero attached hydrogens (tertiary/aromatic N) is 4. The van der Waals surface area contributed by atoms with Gasteiger partial charge in [-0.25, -0.2) is 9.97 Å². The number of aromatic nitrogens is 4. The Morgan fingerprint density at radius 3 is 1.31 bits per heavy atom. The largest absolute Gasteiger partial charge is 0.291 e. The number of hydrogen-bond acceptors (Lipinski definition) is 4. The average molecular weight is 709 g/mol. The first kappa shape index (κ1) is 29.0. The lowest BCUT2D eigenvalue weighted by Gasteiger charge is -2.17. The predicted octanol–water partition coefficient (Wildman–Crippen LogP) is 13.1. The van der Waals surface area contributed by atoms with Gasteiger partial charge in [-0.1, -0.05) is 127 Å². The van der Waals surface area contributed by atoms with Crippen LogP contribution in [0.2, 0.25) is 5.02 Å². The van der Waals surface area contributed by atoms with Crippen LogP contribution in [0.5, 0.6) is 0 Å². The van der Waals surface area contributed by atoms with Crippen LogP contribution in [-0.2, 0) is 0 Å². The van der Waals surface area contributed by atoms with Gasteiger partial charge in [-0.15, -0.1) is 22.7 Å². The van der Waals surface area contributed by atoms with Gasteiger partial charge >= 0.3 is 0 Å². The predicted molar refractivity (Wildman–Crippen MR) is 217 cm³/mol. The number of fused-ring (bicyclic) bond motifs is 10. The summed E-state index contributed by atoms with van der Waals surface area (Å²) < 4.78 is 9.32. The van der Waals surface area contributed by atoms with E-state index in [1.807, 2.05) is 12.1 Å². The molecule has 11 rings (SSSR count). The van der Waals surface area contributed by atoms with Crippen LogP contribution in [0.1, 0.15) is 0 Å². The molecule has 0 amide bonds. The standard InChI is InChI=1S/C44H25ClN4S2/c45-38-32(48-34-24-22-30-28-16-7-9-20-36(28)50-41(30)39(34)46-43(48)26-12-3-1-4-13-26)18-11-19-33(38)49-35-25-23-31-29-17-8-10-21-37(29)51-42(31)40(35)47-44(49)27-14-5-2-6-15-27/h1-25H. The zero-order valence-electron chi connectivity index (χ0n) is 26.9. The summed E-state index contributed by atoms with van der Waals surface area (Å²) in [6, 6.07) is 53.1. The Balaban J connectivity index is 1.21. The van der Waals surface area contributed by atoms with E-state index >= 15 is 0 Å². The number of imidazole rings is 2. The SMILES string of the molecule is Clc1c(-n2c(-c3ccccc3)nc3c4sc5ccccc5c4ccc32)cccc1-n1c(-c2ccccc2)nc2c3sc4ccccc4c3ccc21. The molecule has 0 aliphatic rings. The van der Waals surface area contributed by atoms with Crippen molar-refractivity contribution in [3.8, 4) is 34.2 Å². The summed E-state index contributed by atoms with van der Waals surface area (Å²) in [6.45, 7) is 0. The second-order valence-electron chi connectivity index (χ2n) is 12.7. The van der Waals surface area contributed by atoms with Crippen molar-refractivity contribution in [1.82, 2.24) is 19.1 Å². The van der Waals surface area contributed by atoms with Crippen molar-refractivity contribution in [3.63, 3.8) is 0 Å². The van der Waals surface area contributed by atoms with Crippen molar-refractivity contribution in [2.45, 2.75) is 0 Å². The highest BCUT2D eigenvalue weighted by Crippen LogP contribution is 2.44. The number of hydrogen-bond donors (Lipinski definition) is 0. The van der Waals surface area contributed by atoms with E-state index in [9.17, 15) is 0 Å². The Kier molecular flexibility index (Phi) is 6.31. The van der Waals surface area contributed by atoms with Crippen molar-refractivity contribution < 1.29 is 0 Å². The molecule has 0 aliphatic heterocycles. The van der Waals surface area contributed by atoms with E-state index < -0.39 is 0 Å². The first-order valence-electron chi connectivity index (χ1n) is 16.8. The fraction of sp³-hybridized carbons (Fsp3) is 0. The number of benzene rings is 7. The molecular weight excluding hydrogens is 684 g/mol. The Hall–Kier alpha value is -5.79. The third-order valence-electron chi connectivity index (χ3n) is 9.84. The van der Waals surface area contributed by atoms with Crippen LogP contribution in [-0.4, -0.2) is 19.1 Å². The van der Waals surface area contributed by atoms with Crippen LogP contribution in [0.25, 0.3) is 96.6 Å². The van der Waals surface area contributed by atoms with Gasteiger partial charge in [-0.2, -0.15) is 0 Å². The van der Waals surface area contributed by atoms with Gasteiger partial charge in [0.1, 0.15) is 22.7 Å². The molecule has 7 heteroatoms. The normalized spacial score (nSPS) is 12.0. The molecule has 11 aromatic rings. The third kappa shape index (κ3) is 4.25. The zero-order valence-corrected chi connectivity index (χ0v) is 29.3. The molecule has 0 aliphatic carbocycles. The van der Waals surface area contributed by atoms with Crippen molar-refractivity contribution in [1.29, 1.82) is 0 Å². The van der Waals surface area contributed by atoms with Gasteiger partial charge < -0.3 is 0 Å². The van der Waals surface area contributed by atoms with E-state index in [0.29, 0.717) is 5.02 Å². The number of rotatable bonds is 4. The molecular formula is C44H25ClN4S2. The van der Waals surface area contributed by atoms with Crippen LogP contribution >= 0.6 is 34.3 Å². The number of halogens is 1. The van der Waals surface area contributed by atoms with Gasteiger partial charge in [-0.05, 0) is 36.4 Å². The highest BCUT2D eigenvalue weighted by atomic mass is 35.5. The van der Waals surface area contributed by atoms with E-state index in [1.165, 1.54) is 40.3 Å². The molecule has 0 spiro atoms. The molecule has 7 aromatic carbocycles. The lowest BCUT2D eigenvalue weighted by molar-refractivity contribution is 1.07. The monoisotopic (exact) mass is 708 g/mol. The van der Waals surface area contributed by atoms with Gasteiger partial charge in [0.15, 0.2) is 0 Å². The Bertz CT molecular complexity index is 2940. The minimum absolute atomic E-state index is 0.623. The van der Waals surface area contributed by atoms with Crippen molar-refractivity contribution in [2.24, 2.45) is 0 Å². The maximum atomic E-state index is 7.68. The molecule has 0 saturated heterocycles. The minimum atomic E-state index is 0.623. The van der Waals surface area contributed by atoms with Gasteiger partial charge in [0.2, 0.25) is 0 Å². The van der Waals surface area contributed by atoms with Crippen molar-refractivity contribution >= 4 is 96.7 Å². The minimum Gasteiger partial charge on any atom is -0.291 e. The molecule has 0 atom stereocenters. The van der Waals surface area contributed by atoms with E-state index in [0.717, 1.165) is 56.2 Å². The average Bonchev–Trinajstić information content (AvgIpc) is 3.96. The molecule has 0 N–H and O–H groups in total. The van der Waals surface area contributed by atoms with Crippen LogP contribution < -0.4 is 0 Å². The molecule has 4 nitrogen and oxygen atoms in total. The molecule has 0 saturated carbocycles. The molecule has 240 valence electrons. The summed E-state index contributed by atoms with van der Waals surface area (Å²) in [4.78, 5) is 10.8. The van der Waals surface area contributed by atoms with Crippen LogP contribution in [0.4, 0.5) is 0 Å². The highest BCUT2D eigenvalue weighted by molar-refractivity contribution is 7.27. The summed E-state index contributed by atoms with van der Waals surface area (Å²) in [5.41, 5.74) is 7.73. The molecule has 0 radical (unpaired) electrons. The molecule has 0 bridgehead atoms. The number of thiophene rings is 2. The van der Waals surface area contributed by atoms with E-state index in [4.69, 9.17) is 21.6 Å². The fourth-order valence-electron chi connectivity index (χ4n) is 7.55. The van der Waals surface area contributed by atoms with Crippen molar-refractivity contribution in [3.05, 3.63) is 157 Å². The maximum absolute atomic E-state index is 7.68. The highest BCUT2D eigenvalue weighted by Gasteiger charge is 2.24. The third-order valence-corrected chi connectivity index (χ3v) is 12.6. The smallest absolute Gasteiger partial charge is 0.145 e. The molecule has 0 fully saturated rings. The molecule has 0 unspecified atom stereocenters. The van der Waals surface area contributed by atoms with E-state index in [2.05, 4.69) is 149 Å². The Labute approximate surface area is 305 Å². The summed E-state index contributed by atoms with van der Waals surface area (Å²) in [5.74, 6) is 1.70. The van der Waals surface area contributed by atoms with Gasteiger partial charge in [0.25, 0.3) is 0 Å². The molecule has 4 heterocycles. The maximum Gasteiger partial charge on any atom is 0.145 e. The fourth-order valence-corrected chi connectivity index (χ4v) is 10.2. The summed E-state index contributed by atoms with van der Waals surface area (Å²) in [7, 11) is 0. The lowest BCUT2D eigenvalue weighted by Crippen LogP contribution is -2.03. The van der Waals surface area contributed by atoms with Crippen molar-refractivity contribution in [2.75, 3.05) is 0 Å². The lowest BCUT2D eigenvalue weighted by atomic mass is 10.1. The first-order chi connectivity index (χ1) is 25.2. The van der Waals surface area contributed by atoms with Crippen LogP contribution in [0, 0.1) is 0 Å². The summed E-state index contributed by atoms with van der Waals surface area (Å²) in [6.07, 6.45) is 0. The first-order valence-corrected chi connectivity index (χ1v) is 18.8. The van der Waals surface area contributed by atoms with Gasteiger partial charge in [0, 0.05) is 42.1 Å². The van der Waals surface area contributed by atoms with Gasteiger partial charge in [-0.3, -0.25) is 9.13 Å². The summed E-state index contributed by atoms with van der Waals surface area (Å²) in [5, 5.41) is 5.57. The second-order valence-corrected chi connectivity index (χ2v) is 15.2. The van der Waals surface area contributed by atoms with Crippen LogP contribution in [0.15, 0.2) is 152 Å². The Morgan fingerprint density at radius 2 is 0.843 bits per heavy atom. The second kappa shape index (κ2) is 11.1. The molecule has 51 heavy (non-hydrogen) atoms. The summed E-state index contributed by atoms with van der Waals surface area (Å²) >= 11 is 11.3. The van der Waals surface area contributed by atoms with Crippen LogP contribution in [0.3, 0.4) is 0 Å². The van der Waals surface area contributed by atoms with Gasteiger partial charge in [0.05, 0.1) is 36.8 Å². The zero-order chi connectivity index (χ0) is 33.6. The molecule has 4 aromatic heterocycles. The quantitative estimate of drug-likeness (QED) is 0.182. The van der Waals surface area contributed by atoms with E-state index in [-0.39, 0.29) is 0 Å². The Morgan fingerprint density at radius 1 is 0.412 bits per heavy atom.